The van der Waals surface area contributed by atoms with Crippen LogP contribution in [-0.4, -0.2) is 68.3 Å². The van der Waals surface area contributed by atoms with Crippen molar-refractivity contribution in [3.05, 3.63) is 53.7 Å². The molecule has 1 saturated heterocycles. The highest BCUT2D eigenvalue weighted by molar-refractivity contribution is 6.33. The number of piperazine rings is 1. The molecule has 0 unspecified atom stereocenters. The second-order valence-electron chi connectivity index (χ2n) is 8.02. The van der Waals surface area contributed by atoms with Crippen LogP contribution in [0.5, 0.6) is 11.5 Å². The number of nitrogens with zero attached hydrogens (tertiary/aromatic N) is 4. The zero-order chi connectivity index (χ0) is 24.8. The third-order valence-electron chi connectivity index (χ3n) is 5.36. The Morgan fingerprint density at radius 1 is 1.09 bits per heavy atom. The molecule has 11 heteroatoms. The number of halogens is 1. The minimum Gasteiger partial charge on any atom is -0.494 e. The van der Waals surface area contributed by atoms with E-state index in [9.17, 15) is 4.79 Å². The molecule has 0 aliphatic carbocycles. The molecule has 0 radical (unpaired) electrons. The molecule has 3 aromatic rings. The van der Waals surface area contributed by atoms with Gasteiger partial charge in [-0.2, -0.15) is 4.98 Å². The van der Waals surface area contributed by atoms with Crippen LogP contribution in [0.1, 0.15) is 0 Å². The van der Waals surface area contributed by atoms with E-state index in [1.807, 2.05) is 24.3 Å². The largest absolute Gasteiger partial charge is 0.494 e. The highest BCUT2D eigenvalue weighted by atomic mass is 35.5. The van der Waals surface area contributed by atoms with Gasteiger partial charge in [0.25, 0.3) is 0 Å². The smallest absolute Gasteiger partial charge is 0.414 e. The molecule has 2 heterocycles. The summed E-state index contributed by atoms with van der Waals surface area (Å²) in [6.45, 7) is 3.79. The molecule has 2 aromatic carbocycles. The zero-order valence-corrected chi connectivity index (χ0v) is 20.6. The third kappa shape index (κ3) is 6.03. The van der Waals surface area contributed by atoms with Gasteiger partial charge in [-0.15, -0.1) is 0 Å². The van der Waals surface area contributed by atoms with Crippen LogP contribution >= 0.6 is 11.6 Å². The molecule has 0 saturated carbocycles. The lowest BCUT2D eigenvalue weighted by Gasteiger charge is -2.30. The number of anilines is 5. The second kappa shape index (κ2) is 11.1. The Hall–Kier alpha value is -3.76. The van der Waals surface area contributed by atoms with Gasteiger partial charge in [-0.25, -0.2) is 9.78 Å². The van der Waals surface area contributed by atoms with Crippen molar-refractivity contribution in [1.82, 2.24) is 20.2 Å². The van der Waals surface area contributed by atoms with Gasteiger partial charge in [0.05, 0.1) is 24.7 Å². The maximum atomic E-state index is 12.0. The SMILES string of the molecule is COc1cc(N2CCNCC2)ccc1Nc1ncc(Cl)c(Nc2ccccc2OC(=O)N(C)C)n1. The lowest BCUT2D eigenvalue weighted by molar-refractivity contribution is 0.172. The maximum absolute atomic E-state index is 12.0. The predicted octanol–water partition coefficient (Wildman–Crippen LogP) is 4.10. The van der Waals surface area contributed by atoms with E-state index in [0.29, 0.717) is 34.0 Å². The van der Waals surface area contributed by atoms with E-state index < -0.39 is 6.09 Å². The summed E-state index contributed by atoms with van der Waals surface area (Å²) >= 11 is 6.36. The van der Waals surface area contributed by atoms with Gasteiger partial charge in [0.2, 0.25) is 5.95 Å². The molecule has 1 amide bonds. The van der Waals surface area contributed by atoms with Crippen molar-refractivity contribution in [3.63, 3.8) is 0 Å². The van der Waals surface area contributed by atoms with Gasteiger partial charge in [0.1, 0.15) is 10.8 Å². The summed E-state index contributed by atoms with van der Waals surface area (Å²) < 4.78 is 11.1. The van der Waals surface area contributed by atoms with Crippen molar-refractivity contribution >= 4 is 46.5 Å². The third-order valence-corrected chi connectivity index (χ3v) is 5.64. The van der Waals surface area contributed by atoms with Gasteiger partial charge in [-0.1, -0.05) is 23.7 Å². The fourth-order valence-electron chi connectivity index (χ4n) is 3.51. The minimum absolute atomic E-state index is 0.310. The van der Waals surface area contributed by atoms with Crippen LogP contribution in [0.25, 0.3) is 0 Å². The number of ether oxygens (including phenoxy) is 2. The van der Waals surface area contributed by atoms with Crippen molar-refractivity contribution in [1.29, 1.82) is 0 Å². The molecule has 0 bridgehead atoms. The monoisotopic (exact) mass is 497 g/mol. The van der Waals surface area contributed by atoms with E-state index in [0.717, 1.165) is 37.6 Å². The van der Waals surface area contributed by atoms with Gasteiger partial charge in [-0.3, -0.25) is 0 Å². The zero-order valence-electron chi connectivity index (χ0n) is 19.8. The molecule has 3 N–H and O–H groups in total. The van der Waals surface area contributed by atoms with Crippen molar-refractivity contribution < 1.29 is 14.3 Å². The molecule has 0 atom stereocenters. The fourth-order valence-corrected chi connectivity index (χ4v) is 3.65. The fraction of sp³-hybridized carbons (Fsp3) is 0.292. The first-order valence-electron chi connectivity index (χ1n) is 11.1. The number of para-hydroxylation sites is 2. The van der Waals surface area contributed by atoms with Crippen LogP contribution in [0.4, 0.5) is 33.6 Å². The Bertz CT molecular complexity index is 1190. The molecule has 1 aliphatic heterocycles. The van der Waals surface area contributed by atoms with Crippen LogP contribution in [0.15, 0.2) is 48.7 Å². The quantitative estimate of drug-likeness (QED) is 0.445. The molecule has 35 heavy (non-hydrogen) atoms. The first kappa shape index (κ1) is 24.4. The number of amides is 1. The summed E-state index contributed by atoms with van der Waals surface area (Å²) in [6, 6.07) is 13.0. The van der Waals surface area contributed by atoms with E-state index >= 15 is 0 Å². The average molecular weight is 498 g/mol. The highest BCUT2D eigenvalue weighted by Crippen LogP contribution is 2.34. The molecular weight excluding hydrogens is 470 g/mol. The first-order chi connectivity index (χ1) is 16.9. The van der Waals surface area contributed by atoms with Crippen molar-refractivity contribution in [3.8, 4) is 11.5 Å². The van der Waals surface area contributed by atoms with E-state index in [1.54, 1.807) is 39.4 Å². The molecule has 184 valence electrons. The number of aromatic nitrogens is 2. The second-order valence-corrected chi connectivity index (χ2v) is 8.43. The maximum Gasteiger partial charge on any atom is 0.414 e. The Balaban J connectivity index is 1.54. The molecule has 1 aliphatic rings. The highest BCUT2D eigenvalue weighted by Gasteiger charge is 2.16. The average Bonchev–Trinajstić information content (AvgIpc) is 2.87. The van der Waals surface area contributed by atoms with E-state index in [1.165, 1.54) is 11.1 Å². The molecule has 1 aromatic heterocycles. The summed E-state index contributed by atoms with van der Waals surface area (Å²) in [5.74, 6) is 1.71. The van der Waals surface area contributed by atoms with Gasteiger partial charge >= 0.3 is 6.09 Å². The van der Waals surface area contributed by atoms with E-state index in [4.69, 9.17) is 21.1 Å². The number of nitrogens with one attached hydrogen (secondary N) is 3. The lowest BCUT2D eigenvalue weighted by atomic mass is 10.2. The Labute approximate surface area is 209 Å². The molecule has 1 fully saturated rings. The summed E-state index contributed by atoms with van der Waals surface area (Å²) in [6.07, 6.45) is 1.00. The number of hydrogen-bond donors (Lipinski definition) is 3. The number of carbonyl (C=O) groups is 1. The van der Waals surface area contributed by atoms with Gasteiger partial charge in [0.15, 0.2) is 11.6 Å². The van der Waals surface area contributed by atoms with Crippen molar-refractivity contribution in [2.45, 2.75) is 0 Å². The van der Waals surface area contributed by atoms with Gasteiger partial charge in [-0.05, 0) is 24.3 Å². The van der Waals surface area contributed by atoms with Crippen LogP contribution in [-0.2, 0) is 0 Å². The number of hydrogen-bond acceptors (Lipinski definition) is 9. The topological polar surface area (TPSA) is 104 Å². The summed E-state index contributed by atoms with van der Waals surface area (Å²) in [4.78, 5) is 24.5. The van der Waals surface area contributed by atoms with Crippen LogP contribution in [0, 0.1) is 0 Å². The molecular formula is C24H28ClN7O3. The van der Waals surface area contributed by atoms with Crippen LogP contribution in [0.2, 0.25) is 5.02 Å². The summed E-state index contributed by atoms with van der Waals surface area (Å²) in [5, 5.41) is 10.00. The standard InChI is InChI=1S/C24H28ClN7O3/c1-31(2)24(33)35-20-7-5-4-6-18(20)28-22-17(25)15-27-23(30-22)29-19-9-8-16(14-21(19)34-3)32-12-10-26-11-13-32/h4-9,14-15,26H,10-13H2,1-3H3,(H2,27,28,29,30). The van der Waals surface area contributed by atoms with E-state index in [-0.39, 0.29) is 0 Å². The molecule has 0 spiro atoms. The normalized spacial score (nSPS) is 13.2. The minimum atomic E-state index is -0.494. The van der Waals surface area contributed by atoms with Crippen LogP contribution < -0.4 is 30.3 Å². The Morgan fingerprint density at radius 3 is 2.57 bits per heavy atom. The van der Waals surface area contributed by atoms with Crippen molar-refractivity contribution in [2.75, 3.05) is 62.9 Å². The molecule has 4 rings (SSSR count). The molecule has 10 nitrogen and oxygen atoms in total. The van der Waals surface area contributed by atoms with Crippen molar-refractivity contribution in [2.24, 2.45) is 0 Å². The summed E-state index contributed by atoms with van der Waals surface area (Å²) in [7, 11) is 4.86. The number of benzene rings is 2. The van der Waals surface area contributed by atoms with Gasteiger partial charge in [0, 0.05) is 52.0 Å². The Morgan fingerprint density at radius 2 is 1.83 bits per heavy atom. The summed E-state index contributed by atoms with van der Waals surface area (Å²) in [5.41, 5.74) is 2.35. The van der Waals surface area contributed by atoms with E-state index in [2.05, 4.69) is 30.8 Å². The van der Waals surface area contributed by atoms with Crippen LogP contribution in [0.3, 0.4) is 0 Å². The Kier molecular flexibility index (Phi) is 7.74. The number of rotatable bonds is 7. The number of carbonyl (C=O) groups excluding carboxylic acids is 1. The number of methoxy groups -OCH3 is 1. The first-order valence-corrected chi connectivity index (χ1v) is 11.5. The lowest BCUT2D eigenvalue weighted by Crippen LogP contribution is -2.43. The van der Waals surface area contributed by atoms with Gasteiger partial charge < -0.3 is 35.2 Å². The predicted molar refractivity (Wildman–Crippen MR) is 138 cm³/mol.